The maximum absolute atomic E-state index is 11.6. The van der Waals surface area contributed by atoms with Crippen molar-refractivity contribution in [1.82, 2.24) is 0 Å². The minimum atomic E-state index is -1.08. The second-order valence-electron chi connectivity index (χ2n) is 5.40. The summed E-state index contributed by atoms with van der Waals surface area (Å²) in [5.41, 5.74) is 5.34. The molecule has 0 unspecified atom stereocenters. The smallest absolute Gasteiger partial charge is 0.371 e. The van der Waals surface area contributed by atoms with E-state index in [4.69, 9.17) is 0 Å². The molecule has 0 amide bonds. The highest BCUT2D eigenvalue weighted by atomic mass is 16.4. The lowest BCUT2D eigenvalue weighted by Crippen LogP contribution is -2.23. The van der Waals surface area contributed by atoms with Gasteiger partial charge in [-0.1, -0.05) is 36.4 Å². The van der Waals surface area contributed by atoms with Crippen molar-refractivity contribution in [1.29, 1.82) is 0 Å². The minimum absolute atomic E-state index is 0.0743. The molecule has 0 atom stereocenters. The molecule has 0 aliphatic heterocycles. The summed E-state index contributed by atoms with van der Waals surface area (Å²) in [6.45, 7) is 7.72. The van der Waals surface area contributed by atoms with Gasteiger partial charge < -0.3 is 10.4 Å². The maximum atomic E-state index is 11.6. The van der Waals surface area contributed by atoms with E-state index in [9.17, 15) is 9.90 Å². The Morgan fingerprint density at radius 2 is 1.36 bits per heavy atom. The summed E-state index contributed by atoms with van der Waals surface area (Å²) in [6, 6.07) is 11.6. The lowest BCUT2D eigenvalue weighted by molar-refractivity contribution is -0.129. The molecule has 4 nitrogen and oxygen atoms in total. The van der Waals surface area contributed by atoms with Crippen LogP contribution in [-0.4, -0.2) is 16.9 Å². The summed E-state index contributed by atoms with van der Waals surface area (Å²) >= 11 is 0. The number of aryl methyl sites for hydroxylation is 4. The van der Waals surface area contributed by atoms with Crippen LogP contribution in [0.3, 0.4) is 0 Å². The number of carboxylic acid groups (broad SMARTS) is 1. The molecule has 2 rings (SSSR count). The summed E-state index contributed by atoms with van der Waals surface area (Å²) in [5, 5.41) is 12.4. The average molecular weight is 296 g/mol. The molecular formula is C18H20N2O2. The van der Waals surface area contributed by atoms with Crippen LogP contribution in [0.1, 0.15) is 22.3 Å². The number of aliphatic imine (C=N–C) groups is 1. The molecule has 0 aliphatic rings. The third-order valence-electron chi connectivity index (χ3n) is 3.59. The van der Waals surface area contributed by atoms with Crippen LogP contribution in [0.4, 0.5) is 11.4 Å². The van der Waals surface area contributed by atoms with Crippen LogP contribution in [0.25, 0.3) is 0 Å². The Kier molecular flexibility index (Phi) is 4.61. The van der Waals surface area contributed by atoms with Crippen LogP contribution in [0.15, 0.2) is 41.4 Å². The Hall–Kier alpha value is -2.62. The number of carboxylic acids is 1. The first-order chi connectivity index (χ1) is 10.4. The second-order valence-corrected chi connectivity index (χ2v) is 5.40. The van der Waals surface area contributed by atoms with Crippen molar-refractivity contribution in [2.24, 2.45) is 4.99 Å². The van der Waals surface area contributed by atoms with Crippen molar-refractivity contribution in [2.75, 3.05) is 5.32 Å². The number of carbonyl (C=O) groups is 1. The van der Waals surface area contributed by atoms with Crippen LogP contribution in [0.2, 0.25) is 0 Å². The zero-order chi connectivity index (χ0) is 16.3. The molecule has 0 heterocycles. The first kappa shape index (κ1) is 15.8. The number of nitrogens with one attached hydrogen (secondary N) is 1. The van der Waals surface area contributed by atoms with Gasteiger partial charge in [-0.15, -0.1) is 0 Å². The molecule has 0 fully saturated rings. The van der Waals surface area contributed by atoms with E-state index in [0.717, 1.165) is 27.9 Å². The quantitative estimate of drug-likeness (QED) is 0.646. The van der Waals surface area contributed by atoms with Crippen LogP contribution >= 0.6 is 0 Å². The number of rotatable bonds is 2. The van der Waals surface area contributed by atoms with Crippen LogP contribution in [-0.2, 0) is 4.79 Å². The van der Waals surface area contributed by atoms with Gasteiger partial charge in [0, 0.05) is 5.69 Å². The van der Waals surface area contributed by atoms with Crippen LogP contribution in [0.5, 0.6) is 0 Å². The Labute approximate surface area is 130 Å². The standard InChI is InChI=1S/C18H20N2O2/c1-11-7-5-8-12(2)15(11)19-17(18(21)22)20-16-13(3)9-6-10-14(16)4/h5-10H,1-4H3,(H,19,20)(H,21,22). The van der Waals surface area contributed by atoms with Crippen molar-refractivity contribution in [2.45, 2.75) is 27.7 Å². The predicted molar refractivity (Wildman–Crippen MR) is 90.2 cm³/mol. The first-order valence-corrected chi connectivity index (χ1v) is 7.11. The molecule has 2 aromatic carbocycles. The summed E-state index contributed by atoms with van der Waals surface area (Å²) in [5.74, 6) is -1.15. The molecule has 0 spiro atoms. The first-order valence-electron chi connectivity index (χ1n) is 7.11. The molecule has 0 aromatic heterocycles. The van der Waals surface area contributed by atoms with E-state index < -0.39 is 5.97 Å². The van der Waals surface area contributed by atoms with E-state index in [0.29, 0.717) is 5.69 Å². The van der Waals surface area contributed by atoms with Gasteiger partial charge in [-0.2, -0.15) is 0 Å². The van der Waals surface area contributed by atoms with Gasteiger partial charge in [-0.05, 0) is 49.9 Å². The molecular weight excluding hydrogens is 276 g/mol. The second kappa shape index (κ2) is 6.43. The number of para-hydroxylation sites is 2. The summed E-state index contributed by atoms with van der Waals surface area (Å²) in [7, 11) is 0. The van der Waals surface area contributed by atoms with Gasteiger partial charge in [0.2, 0.25) is 5.84 Å². The molecule has 0 saturated heterocycles. The van der Waals surface area contributed by atoms with Gasteiger partial charge in [0.25, 0.3) is 0 Å². The topological polar surface area (TPSA) is 61.7 Å². The van der Waals surface area contributed by atoms with E-state index in [2.05, 4.69) is 10.3 Å². The van der Waals surface area contributed by atoms with Gasteiger partial charge >= 0.3 is 5.97 Å². The number of hydrogen-bond acceptors (Lipinski definition) is 2. The van der Waals surface area contributed by atoms with E-state index in [-0.39, 0.29) is 5.84 Å². The fourth-order valence-electron chi connectivity index (χ4n) is 2.35. The van der Waals surface area contributed by atoms with E-state index in [1.54, 1.807) is 0 Å². The lowest BCUT2D eigenvalue weighted by atomic mass is 10.1. The Morgan fingerprint density at radius 1 is 0.909 bits per heavy atom. The highest BCUT2D eigenvalue weighted by Crippen LogP contribution is 2.25. The van der Waals surface area contributed by atoms with Gasteiger partial charge in [-0.3, -0.25) is 0 Å². The molecule has 0 saturated carbocycles. The minimum Gasteiger partial charge on any atom is -0.475 e. The highest BCUT2D eigenvalue weighted by molar-refractivity contribution is 6.40. The summed E-state index contributed by atoms with van der Waals surface area (Å²) < 4.78 is 0. The number of anilines is 1. The monoisotopic (exact) mass is 296 g/mol. The van der Waals surface area contributed by atoms with E-state index in [1.807, 2.05) is 64.1 Å². The van der Waals surface area contributed by atoms with Crippen molar-refractivity contribution in [3.05, 3.63) is 58.7 Å². The number of benzene rings is 2. The molecule has 114 valence electrons. The fourth-order valence-corrected chi connectivity index (χ4v) is 2.35. The van der Waals surface area contributed by atoms with Crippen LogP contribution in [0, 0.1) is 27.7 Å². The van der Waals surface area contributed by atoms with Gasteiger partial charge in [-0.25, -0.2) is 9.79 Å². The van der Waals surface area contributed by atoms with E-state index in [1.165, 1.54) is 0 Å². The van der Waals surface area contributed by atoms with Gasteiger partial charge in [0.1, 0.15) is 0 Å². The Balaban J connectivity index is 2.48. The van der Waals surface area contributed by atoms with Crippen molar-refractivity contribution < 1.29 is 9.90 Å². The molecule has 4 heteroatoms. The lowest BCUT2D eigenvalue weighted by Gasteiger charge is -2.13. The predicted octanol–water partition coefficient (Wildman–Crippen LogP) is 4.15. The zero-order valence-electron chi connectivity index (χ0n) is 13.3. The van der Waals surface area contributed by atoms with Crippen molar-refractivity contribution >= 4 is 23.2 Å². The summed E-state index contributed by atoms with van der Waals surface area (Å²) in [4.78, 5) is 15.9. The Morgan fingerprint density at radius 3 is 1.82 bits per heavy atom. The molecule has 2 aromatic rings. The zero-order valence-corrected chi connectivity index (χ0v) is 13.3. The normalized spacial score (nSPS) is 11.4. The largest absolute Gasteiger partial charge is 0.475 e. The fraction of sp³-hybridized carbons (Fsp3) is 0.222. The third kappa shape index (κ3) is 3.34. The van der Waals surface area contributed by atoms with Gasteiger partial charge in [0.05, 0.1) is 5.69 Å². The average Bonchev–Trinajstić information content (AvgIpc) is 2.44. The van der Waals surface area contributed by atoms with Crippen LogP contribution < -0.4 is 5.32 Å². The molecule has 0 radical (unpaired) electrons. The highest BCUT2D eigenvalue weighted by Gasteiger charge is 2.14. The number of aliphatic carboxylic acids is 1. The number of amidine groups is 1. The van der Waals surface area contributed by atoms with Gasteiger partial charge in [0.15, 0.2) is 0 Å². The Bertz CT molecular complexity index is 708. The molecule has 2 N–H and O–H groups in total. The van der Waals surface area contributed by atoms with Crippen molar-refractivity contribution in [3.8, 4) is 0 Å². The maximum Gasteiger partial charge on any atom is 0.371 e. The van der Waals surface area contributed by atoms with Crippen molar-refractivity contribution in [3.63, 3.8) is 0 Å². The third-order valence-corrected chi connectivity index (χ3v) is 3.59. The SMILES string of the molecule is Cc1cccc(C)c1N=C(Nc1c(C)cccc1C)C(=O)O. The number of hydrogen-bond donors (Lipinski definition) is 2. The molecule has 0 aliphatic carbocycles. The molecule has 0 bridgehead atoms. The summed E-state index contributed by atoms with van der Waals surface area (Å²) in [6.07, 6.45) is 0. The number of nitrogens with zero attached hydrogens (tertiary/aromatic N) is 1. The van der Waals surface area contributed by atoms with E-state index >= 15 is 0 Å². The molecule has 22 heavy (non-hydrogen) atoms.